The monoisotopic (exact) mass is 305 g/mol. The normalized spacial score (nSPS) is 10.8. The molecule has 0 saturated heterocycles. The predicted octanol–water partition coefficient (Wildman–Crippen LogP) is 4.57. The van der Waals surface area contributed by atoms with Gasteiger partial charge < -0.3 is 9.47 Å². The van der Waals surface area contributed by atoms with Gasteiger partial charge in [0, 0.05) is 24.2 Å². The Morgan fingerprint density at radius 2 is 2.05 bits per heavy atom. The summed E-state index contributed by atoms with van der Waals surface area (Å²) in [7, 11) is 1.73. The maximum absolute atomic E-state index is 5.62. The molecule has 2 rings (SSSR count). The van der Waals surface area contributed by atoms with Crippen molar-refractivity contribution in [1.29, 1.82) is 0 Å². The first-order chi connectivity index (χ1) is 10.4. The van der Waals surface area contributed by atoms with Crippen LogP contribution in [0.3, 0.4) is 0 Å². The summed E-state index contributed by atoms with van der Waals surface area (Å²) in [6, 6.07) is 6.26. The Labute approximate surface area is 130 Å². The number of para-hydroxylation sites is 1. The fraction of sp³-hybridized carbons (Fsp3) is 0.471. The summed E-state index contributed by atoms with van der Waals surface area (Å²) in [6.07, 6.45) is 4.31. The molecular formula is C17H23NO2S. The van der Waals surface area contributed by atoms with E-state index in [1.54, 1.807) is 18.4 Å². The SMILES string of the molecule is CCCCOCCCc1cccc(-c2cscn2)c1OC. The maximum Gasteiger partial charge on any atom is 0.131 e. The number of aromatic nitrogens is 1. The molecule has 1 heterocycles. The van der Waals surface area contributed by atoms with Gasteiger partial charge in [0.05, 0.1) is 18.3 Å². The third kappa shape index (κ3) is 4.55. The van der Waals surface area contributed by atoms with E-state index in [0.717, 1.165) is 49.5 Å². The first-order valence-corrected chi connectivity index (χ1v) is 8.43. The molecule has 0 bridgehead atoms. The summed E-state index contributed by atoms with van der Waals surface area (Å²) in [5.41, 5.74) is 5.13. The van der Waals surface area contributed by atoms with Gasteiger partial charge in [0.2, 0.25) is 0 Å². The lowest BCUT2D eigenvalue weighted by molar-refractivity contribution is 0.129. The quantitative estimate of drug-likeness (QED) is 0.636. The highest BCUT2D eigenvalue weighted by molar-refractivity contribution is 7.07. The van der Waals surface area contributed by atoms with Crippen molar-refractivity contribution in [3.05, 3.63) is 34.7 Å². The van der Waals surface area contributed by atoms with Gasteiger partial charge in [-0.2, -0.15) is 0 Å². The van der Waals surface area contributed by atoms with Gasteiger partial charge in [-0.15, -0.1) is 11.3 Å². The summed E-state index contributed by atoms with van der Waals surface area (Å²) in [5.74, 6) is 0.942. The van der Waals surface area contributed by atoms with Crippen molar-refractivity contribution in [2.45, 2.75) is 32.6 Å². The van der Waals surface area contributed by atoms with E-state index in [0.29, 0.717) is 0 Å². The molecule has 114 valence electrons. The lowest BCUT2D eigenvalue weighted by atomic mass is 10.0. The Morgan fingerprint density at radius 1 is 1.19 bits per heavy atom. The second-order valence-corrected chi connectivity index (χ2v) is 5.66. The van der Waals surface area contributed by atoms with Gasteiger partial charge in [0.1, 0.15) is 5.75 Å². The molecule has 0 saturated carbocycles. The molecule has 0 fully saturated rings. The summed E-state index contributed by atoms with van der Waals surface area (Å²) < 4.78 is 11.2. The molecule has 0 radical (unpaired) electrons. The van der Waals surface area contributed by atoms with Crippen molar-refractivity contribution in [3.8, 4) is 17.0 Å². The molecular weight excluding hydrogens is 282 g/mol. The van der Waals surface area contributed by atoms with Crippen molar-refractivity contribution < 1.29 is 9.47 Å². The molecule has 0 aliphatic carbocycles. The van der Waals surface area contributed by atoms with Crippen LogP contribution in [-0.4, -0.2) is 25.3 Å². The lowest BCUT2D eigenvalue weighted by Crippen LogP contribution is -2.00. The maximum atomic E-state index is 5.62. The van der Waals surface area contributed by atoms with Crippen LogP contribution in [0.15, 0.2) is 29.1 Å². The van der Waals surface area contributed by atoms with Crippen molar-refractivity contribution in [1.82, 2.24) is 4.98 Å². The zero-order chi connectivity index (χ0) is 14.9. The summed E-state index contributed by atoms with van der Waals surface area (Å²) in [6.45, 7) is 3.86. The average Bonchev–Trinajstić information content (AvgIpc) is 3.04. The minimum absolute atomic E-state index is 0.810. The Kier molecular flexibility index (Phi) is 6.70. The number of ether oxygens (including phenoxy) is 2. The fourth-order valence-electron chi connectivity index (χ4n) is 2.28. The molecule has 21 heavy (non-hydrogen) atoms. The van der Waals surface area contributed by atoms with Crippen molar-refractivity contribution in [3.63, 3.8) is 0 Å². The first-order valence-electron chi connectivity index (χ1n) is 7.49. The van der Waals surface area contributed by atoms with Gasteiger partial charge >= 0.3 is 0 Å². The number of nitrogens with zero attached hydrogens (tertiary/aromatic N) is 1. The Bertz CT molecular complexity index is 526. The van der Waals surface area contributed by atoms with Crippen molar-refractivity contribution in [2.24, 2.45) is 0 Å². The minimum Gasteiger partial charge on any atom is -0.496 e. The highest BCUT2D eigenvalue weighted by Gasteiger charge is 2.11. The molecule has 3 nitrogen and oxygen atoms in total. The van der Waals surface area contributed by atoms with Gasteiger partial charge in [-0.3, -0.25) is 0 Å². The standard InChI is InChI=1S/C17H23NO2S/c1-3-4-10-20-11-6-8-14-7-5-9-15(17(14)19-2)16-12-21-13-18-16/h5,7,9,12-13H,3-4,6,8,10-11H2,1-2H3. The Balaban J connectivity index is 1.98. The van der Waals surface area contributed by atoms with E-state index in [-0.39, 0.29) is 0 Å². The van der Waals surface area contributed by atoms with Crippen LogP contribution in [0.5, 0.6) is 5.75 Å². The number of unbranched alkanes of at least 4 members (excludes halogenated alkanes) is 1. The fourth-order valence-corrected chi connectivity index (χ4v) is 2.84. The summed E-state index contributed by atoms with van der Waals surface area (Å²) in [5, 5.41) is 2.05. The smallest absolute Gasteiger partial charge is 0.131 e. The van der Waals surface area contributed by atoms with Gasteiger partial charge in [-0.05, 0) is 30.9 Å². The van der Waals surface area contributed by atoms with E-state index >= 15 is 0 Å². The number of methoxy groups -OCH3 is 1. The van der Waals surface area contributed by atoms with E-state index in [9.17, 15) is 0 Å². The molecule has 0 N–H and O–H groups in total. The molecule has 0 amide bonds. The van der Waals surface area contributed by atoms with Crippen LogP contribution >= 0.6 is 11.3 Å². The van der Waals surface area contributed by atoms with E-state index in [2.05, 4.69) is 35.5 Å². The topological polar surface area (TPSA) is 31.4 Å². The zero-order valence-electron chi connectivity index (χ0n) is 12.8. The van der Waals surface area contributed by atoms with Crippen molar-refractivity contribution in [2.75, 3.05) is 20.3 Å². The van der Waals surface area contributed by atoms with Gasteiger partial charge in [-0.1, -0.05) is 25.5 Å². The largest absolute Gasteiger partial charge is 0.496 e. The predicted molar refractivity (Wildman–Crippen MR) is 88.2 cm³/mol. The van der Waals surface area contributed by atoms with Crippen LogP contribution in [0, 0.1) is 0 Å². The average molecular weight is 305 g/mol. The van der Waals surface area contributed by atoms with Gasteiger partial charge in [0.15, 0.2) is 0 Å². The molecule has 1 aromatic carbocycles. The van der Waals surface area contributed by atoms with E-state index < -0.39 is 0 Å². The van der Waals surface area contributed by atoms with Crippen LogP contribution < -0.4 is 4.74 Å². The molecule has 1 aromatic heterocycles. The second-order valence-electron chi connectivity index (χ2n) is 4.94. The number of hydrogen-bond donors (Lipinski definition) is 0. The Morgan fingerprint density at radius 3 is 2.76 bits per heavy atom. The highest BCUT2D eigenvalue weighted by atomic mass is 32.1. The van der Waals surface area contributed by atoms with Crippen LogP contribution in [-0.2, 0) is 11.2 Å². The zero-order valence-corrected chi connectivity index (χ0v) is 13.6. The van der Waals surface area contributed by atoms with Gasteiger partial charge in [0.25, 0.3) is 0 Å². The van der Waals surface area contributed by atoms with Crippen LogP contribution in [0.4, 0.5) is 0 Å². The molecule has 2 aromatic rings. The third-order valence-electron chi connectivity index (χ3n) is 3.39. The lowest BCUT2D eigenvalue weighted by Gasteiger charge is -2.12. The van der Waals surface area contributed by atoms with E-state index in [4.69, 9.17) is 9.47 Å². The number of benzene rings is 1. The number of rotatable bonds is 9. The van der Waals surface area contributed by atoms with Gasteiger partial charge in [-0.25, -0.2) is 4.98 Å². The van der Waals surface area contributed by atoms with Crippen molar-refractivity contribution >= 4 is 11.3 Å². The minimum atomic E-state index is 0.810. The molecule has 4 heteroatoms. The van der Waals surface area contributed by atoms with E-state index in [1.807, 2.05) is 5.51 Å². The Hall–Kier alpha value is -1.39. The molecule has 0 atom stereocenters. The molecule has 0 unspecified atom stereocenters. The summed E-state index contributed by atoms with van der Waals surface area (Å²) >= 11 is 1.60. The molecule has 0 spiro atoms. The molecule has 0 aliphatic heterocycles. The number of thiazole rings is 1. The summed E-state index contributed by atoms with van der Waals surface area (Å²) in [4.78, 5) is 4.38. The number of hydrogen-bond acceptors (Lipinski definition) is 4. The van der Waals surface area contributed by atoms with E-state index in [1.165, 1.54) is 12.0 Å². The second kappa shape index (κ2) is 8.80. The third-order valence-corrected chi connectivity index (χ3v) is 3.97. The van der Waals surface area contributed by atoms with Crippen LogP contribution in [0.2, 0.25) is 0 Å². The molecule has 0 aliphatic rings. The van der Waals surface area contributed by atoms with Crippen LogP contribution in [0.1, 0.15) is 31.7 Å². The number of aryl methyl sites for hydroxylation is 1. The first kappa shape index (κ1) is 16.0. The van der Waals surface area contributed by atoms with Crippen LogP contribution in [0.25, 0.3) is 11.3 Å². The highest BCUT2D eigenvalue weighted by Crippen LogP contribution is 2.33.